The topological polar surface area (TPSA) is 53.6 Å². The number of hydrogen-bond donors (Lipinski definition) is 2. The van der Waals surface area contributed by atoms with Crippen molar-refractivity contribution in [1.82, 2.24) is 10.2 Å². The molecule has 1 aromatic carbocycles. The van der Waals surface area contributed by atoms with Crippen LogP contribution in [0.5, 0.6) is 0 Å². The Kier molecular flexibility index (Phi) is 7.14. The molecule has 5 heteroatoms. The minimum absolute atomic E-state index is 0. The SMILES string of the molecule is CC(CN=C(N)NCC1CCC1)N1CCc2ccccc2C1.I. The van der Waals surface area contributed by atoms with Crippen LogP contribution in [0.2, 0.25) is 0 Å². The van der Waals surface area contributed by atoms with Crippen LogP contribution in [0.3, 0.4) is 0 Å². The molecule has 1 atom stereocenters. The van der Waals surface area contributed by atoms with Crippen molar-refractivity contribution in [3.8, 4) is 0 Å². The maximum absolute atomic E-state index is 5.98. The van der Waals surface area contributed by atoms with Gasteiger partial charge in [-0.25, -0.2) is 0 Å². The van der Waals surface area contributed by atoms with Gasteiger partial charge >= 0.3 is 0 Å². The summed E-state index contributed by atoms with van der Waals surface area (Å²) in [5, 5.41) is 3.27. The highest BCUT2D eigenvalue weighted by Crippen LogP contribution is 2.25. The lowest BCUT2D eigenvalue weighted by atomic mass is 9.85. The number of rotatable bonds is 5. The standard InChI is InChI=1S/C18H28N4.HI/c1-14(11-20-18(19)21-12-15-5-4-6-15)22-10-9-16-7-2-3-8-17(16)13-22;/h2-3,7-8,14-15H,4-6,9-13H2,1H3,(H3,19,20,21);1H. The van der Waals surface area contributed by atoms with Gasteiger partial charge < -0.3 is 11.1 Å². The van der Waals surface area contributed by atoms with Gasteiger partial charge in [0.15, 0.2) is 5.96 Å². The highest BCUT2D eigenvalue weighted by atomic mass is 127. The second kappa shape index (κ2) is 8.87. The predicted octanol–water partition coefficient (Wildman–Crippen LogP) is 2.76. The Morgan fingerprint density at radius 2 is 2.09 bits per heavy atom. The van der Waals surface area contributed by atoms with Crippen LogP contribution < -0.4 is 11.1 Å². The summed E-state index contributed by atoms with van der Waals surface area (Å²) in [6.45, 7) is 6.15. The molecule has 3 N–H and O–H groups in total. The lowest BCUT2D eigenvalue weighted by Crippen LogP contribution is -2.41. The van der Waals surface area contributed by atoms with Gasteiger partial charge in [0.2, 0.25) is 0 Å². The summed E-state index contributed by atoms with van der Waals surface area (Å²) in [4.78, 5) is 7.03. The number of guanidine groups is 1. The molecule has 1 heterocycles. The van der Waals surface area contributed by atoms with Crippen LogP contribution in [-0.2, 0) is 13.0 Å². The molecule has 0 spiro atoms. The van der Waals surface area contributed by atoms with Crippen LogP contribution in [0, 0.1) is 5.92 Å². The first-order valence-electron chi connectivity index (χ1n) is 8.57. The molecule has 128 valence electrons. The maximum Gasteiger partial charge on any atom is 0.188 e. The Morgan fingerprint density at radius 1 is 1.35 bits per heavy atom. The summed E-state index contributed by atoms with van der Waals surface area (Å²) in [6.07, 6.45) is 5.18. The molecule has 3 rings (SSSR count). The Morgan fingerprint density at radius 3 is 2.78 bits per heavy atom. The van der Waals surface area contributed by atoms with Gasteiger partial charge in [0.1, 0.15) is 0 Å². The van der Waals surface area contributed by atoms with E-state index in [1.807, 2.05) is 0 Å². The lowest BCUT2D eigenvalue weighted by Gasteiger charge is -2.33. The molecule has 2 aliphatic rings. The maximum atomic E-state index is 5.98. The quantitative estimate of drug-likeness (QED) is 0.431. The second-order valence-corrected chi connectivity index (χ2v) is 6.74. The average molecular weight is 428 g/mol. The molecule has 1 unspecified atom stereocenters. The van der Waals surface area contributed by atoms with Crippen LogP contribution in [0.15, 0.2) is 29.3 Å². The van der Waals surface area contributed by atoms with Crippen LogP contribution in [-0.4, -0.2) is 36.5 Å². The summed E-state index contributed by atoms with van der Waals surface area (Å²) in [5.41, 5.74) is 8.93. The second-order valence-electron chi connectivity index (χ2n) is 6.74. The highest BCUT2D eigenvalue weighted by molar-refractivity contribution is 14.0. The molecule has 0 bridgehead atoms. The number of nitrogens with one attached hydrogen (secondary N) is 1. The molecule has 23 heavy (non-hydrogen) atoms. The Bertz CT molecular complexity index is 528. The minimum Gasteiger partial charge on any atom is -0.370 e. The van der Waals surface area contributed by atoms with Crippen molar-refractivity contribution in [2.45, 2.75) is 45.2 Å². The lowest BCUT2D eigenvalue weighted by molar-refractivity contribution is 0.195. The third-order valence-electron chi connectivity index (χ3n) is 5.11. The van der Waals surface area contributed by atoms with Crippen molar-refractivity contribution in [2.24, 2.45) is 16.6 Å². The zero-order valence-corrected chi connectivity index (χ0v) is 16.3. The third-order valence-corrected chi connectivity index (χ3v) is 5.11. The van der Waals surface area contributed by atoms with E-state index in [4.69, 9.17) is 5.73 Å². The number of hydrogen-bond acceptors (Lipinski definition) is 2. The van der Waals surface area contributed by atoms with Crippen molar-refractivity contribution in [2.75, 3.05) is 19.6 Å². The van der Waals surface area contributed by atoms with Gasteiger partial charge in [0.25, 0.3) is 0 Å². The molecule has 0 radical (unpaired) electrons. The van der Waals surface area contributed by atoms with Gasteiger partial charge in [-0.3, -0.25) is 9.89 Å². The van der Waals surface area contributed by atoms with Crippen molar-refractivity contribution < 1.29 is 0 Å². The molecule has 1 aromatic rings. The first-order valence-corrected chi connectivity index (χ1v) is 8.57. The van der Waals surface area contributed by atoms with Gasteiger partial charge in [-0.1, -0.05) is 30.7 Å². The molecule has 1 aliphatic heterocycles. The van der Waals surface area contributed by atoms with E-state index in [1.54, 1.807) is 0 Å². The van der Waals surface area contributed by atoms with Crippen molar-refractivity contribution in [1.29, 1.82) is 0 Å². The molecule has 0 amide bonds. The average Bonchev–Trinajstić information content (AvgIpc) is 2.50. The molecule has 0 saturated heterocycles. The van der Waals surface area contributed by atoms with Crippen LogP contribution in [0.4, 0.5) is 0 Å². The fraction of sp³-hybridized carbons (Fsp3) is 0.611. The van der Waals surface area contributed by atoms with E-state index in [0.29, 0.717) is 12.0 Å². The summed E-state index contributed by atoms with van der Waals surface area (Å²) < 4.78 is 0. The van der Waals surface area contributed by atoms with Gasteiger partial charge in [0, 0.05) is 25.7 Å². The van der Waals surface area contributed by atoms with E-state index in [9.17, 15) is 0 Å². The molecular formula is C18H29IN4. The summed E-state index contributed by atoms with van der Waals surface area (Å²) >= 11 is 0. The zero-order chi connectivity index (χ0) is 15.4. The van der Waals surface area contributed by atoms with Gasteiger partial charge in [0.05, 0.1) is 6.54 Å². The molecular weight excluding hydrogens is 399 g/mol. The molecule has 1 aliphatic carbocycles. The number of nitrogens with two attached hydrogens (primary N) is 1. The third kappa shape index (κ3) is 5.08. The smallest absolute Gasteiger partial charge is 0.188 e. The van der Waals surface area contributed by atoms with Crippen LogP contribution in [0.1, 0.15) is 37.3 Å². The van der Waals surface area contributed by atoms with Crippen LogP contribution >= 0.6 is 24.0 Å². The van der Waals surface area contributed by atoms with E-state index < -0.39 is 0 Å². The van der Waals surface area contributed by atoms with E-state index in [1.165, 1.54) is 30.4 Å². The number of fused-ring (bicyclic) bond motifs is 1. The van der Waals surface area contributed by atoms with Crippen LogP contribution in [0.25, 0.3) is 0 Å². The molecule has 1 fully saturated rings. The first kappa shape index (κ1) is 18.5. The Labute approximate surface area is 156 Å². The molecule has 4 nitrogen and oxygen atoms in total. The molecule has 1 saturated carbocycles. The number of nitrogens with zero attached hydrogens (tertiary/aromatic N) is 2. The largest absolute Gasteiger partial charge is 0.370 e. The number of halogens is 1. The van der Waals surface area contributed by atoms with Gasteiger partial charge in [-0.05, 0) is 43.2 Å². The van der Waals surface area contributed by atoms with Crippen molar-refractivity contribution >= 4 is 29.9 Å². The fourth-order valence-electron chi connectivity index (χ4n) is 3.24. The predicted molar refractivity (Wildman–Crippen MR) is 107 cm³/mol. The molecule has 0 aromatic heterocycles. The summed E-state index contributed by atoms with van der Waals surface area (Å²) in [7, 11) is 0. The Hall–Kier alpha value is -0.820. The van der Waals surface area contributed by atoms with E-state index in [0.717, 1.165) is 38.5 Å². The van der Waals surface area contributed by atoms with Gasteiger partial charge in [-0.15, -0.1) is 24.0 Å². The minimum atomic E-state index is 0. The zero-order valence-electron chi connectivity index (χ0n) is 14.0. The normalized spacial score (nSPS) is 20.1. The van der Waals surface area contributed by atoms with Crippen molar-refractivity contribution in [3.63, 3.8) is 0 Å². The highest BCUT2D eigenvalue weighted by Gasteiger charge is 2.20. The summed E-state index contributed by atoms with van der Waals surface area (Å²) in [5.74, 6) is 1.42. The van der Waals surface area contributed by atoms with E-state index in [2.05, 4.69) is 46.4 Å². The number of aliphatic imine (C=N–C) groups is 1. The monoisotopic (exact) mass is 428 g/mol. The Balaban J connectivity index is 0.00000192. The fourth-order valence-corrected chi connectivity index (χ4v) is 3.24. The summed E-state index contributed by atoms with van der Waals surface area (Å²) in [6, 6.07) is 9.19. The van der Waals surface area contributed by atoms with Crippen molar-refractivity contribution in [3.05, 3.63) is 35.4 Å². The van der Waals surface area contributed by atoms with E-state index in [-0.39, 0.29) is 24.0 Å². The van der Waals surface area contributed by atoms with Gasteiger partial charge in [-0.2, -0.15) is 0 Å². The first-order chi connectivity index (χ1) is 10.7. The number of benzene rings is 1. The van der Waals surface area contributed by atoms with E-state index >= 15 is 0 Å².